The van der Waals surface area contributed by atoms with E-state index in [2.05, 4.69) is 6.07 Å². The summed E-state index contributed by atoms with van der Waals surface area (Å²) in [4.78, 5) is 44.1. The second kappa shape index (κ2) is 10.2. The van der Waals surface area contributed by atoms with Crippen molar-refractivity contribution in [2.24, 2.45) is 5.92 Å². The molecule has 1 N–H and O–H groups in total. The van der Waals surface area contributed by atoms with Crippen LogP contribution in [0.5, 0.6) is 0 Å². The SMILES string of the molecule is CC1(C(=O)O)C(c2cccs2)C(C(=O)c2cccc(Cl)c2)C(c2ccc(C#N)cc2)N1C(=O)c1cccs1. The average Bonchev–Trinajstić information content (AvgIpc) is 3.68. The summed E-state index contributed by atoms with van der Waals surface area (Å²) in [6.07, 6.45) is 0. The number of amides is 1. The molecule has 6 nitrogen and oxygen atoms in total. The predicted octanol–water partition coefficient (Wildman–Crippen LogP) is 6.66. The summed E-state index contributed by atoms with van der Waals surface area (Å²) < 4.78 is 0. The highest BCUT2D eigenvalue weighted by Gasteiger charge is 2.65. The molecule has 0 aliphatic carbocycles. The van der Waals surface area contributed by atoms with Crippen molar-refractivity contribution in [3.63, 3.8) is 0 Å². The highest BCUT2D eigenvalue weighted by atomic mass is 35.5. The molecule has 4 atom stereocenters. The molecule has 1 aliphatic heterocycles. The second-order valence-electron chi connectivity index (χ2n) is 9.18. The molecule has 0 radical (unpaired) electrons. The van der Waals surface area contributed by atoms with Gasteiger partial charge in [-0.25, -0.2) is 4.79 Å². The number of hydrogen-bond acceptors (Lipinski definition) is 6. The van der Waals surface area contributed by atoms with Gasteiger partial charge in [0.05, 0.1) is 28.5 Å². The molecule has 1 saturated heterocycles. The maximum absolute atomic E-state index is 14.3. The minimum absolute atomic E-state index is 0.311. The molecule has 2 aromatic heterocycles. The maximum Gasteiger partial charge on any atom is 0.330 e. The van der Waals surface area contributed by atoms with E-state index in [0.717, 1.165) is 0 Å². The number of carboxylic acid groups (broad SMARTS) is 1. The predicted molar refractivity (Wildman–Crippen MR) is 147 cm³/mol. The second-order valence-corrected chi connectivity index (χ2v) is 11.5. The third kappa shape index (κ3) is 4.23. The summed E-state index contributed by atoms with van der Waals surface area (Å²) in [5.41, 5.74) is -0.443. The molecule has 3 heterocycles. The summed E-state index contributed by atoms with van der Waals surface area (Å²) in [7, 11) is 0. The van der Waals surface area contributed by atoms with Crippen LogP contribution in [0.15, 0.2) is 83.6 Å². The van der Waals surface area contributed by atoms with Crippen LogP contribution in [0.25, 0.3) is 0 Å². The van der Waals surface area contributed by atoms with Crippen molar-refractivity contribution >= 4 is 51.9 Å². The number of carbonyl (C=O) groups excluding carboxylic acids is 2. The van der Waals surface area contributed by atoms with Crippen LogP contribution in [0.1, 0.15) is 54.9 Å². The van der Waals surface area contributed by atoms with Gasteiger partial charge in [0, 0.05) is 21.4 Å². The maximum atomic E-state index is 14.3. The molecule has 9 heteroatoms. The summed E-state index contributed by atoms with van der Waals surface area (Å²) in [6.45, 7) is 1.52. The molecule has 0 spiro atoms. The van der Waals surface area contributed by atoms with E-state index in [1.54, 1.807) is 66.0 Å². The smallest absolute Gasteiger partial charge is 0.330 e. The topological polar surface area (TPSA) is 98.5 Å². The molecule has 2 aromatic carbocycles. The van der Waals surface area contributed by atoms with Crippen molar-refractivity contribution in [2.75, 3.05) is 0 Å². The summed E-state index contributed by atoms with van der Waals surface area (Å²) in [6, 6.07) is 21.3. The minimum atomic E-state index is -1.76. The van der Waals surface area contributed by atoms with Gasteiger partial charge in [0.15, 0.2) is 5.78 Å². The largest absolute Gasteiger partial charge is 0.479 e. The number of thiophene rings is 2. The number of carbonyl (C=O) groups is 3. The van der Waals surface area contributed by atoms with Crippen molar-refractivity contribution in [2.45, 2.75) is 24.4 Å². The van der Waals surface area contributed by atoms with Gasteiger partial charge in [0.25, 0.3) is 5.91 Å². The molecule has 190 valence electrons. The molecule has 4 aromatic rings. The van der Waals surface area contributed by atoms with Gasteiger partial charge in [-0.1, -0.05) is 48.0 Å². The van der Waals surface area contributed by atoms with E-state index in [1.807, 2.05) is 17.5 Å². The van der Waals surface area contributed by atoms with Gasteiger partial charge in [-0.05, 0) is 59.6 Å². The van der Waals surface area contributed by atoms with Gasteiger partial charge < -0.3 is 10.0 Å². The van der Waals surface area contributed by atoms with Crippen LogP contribution < -0.4 is 0 Å². The highest BCUT2D eigenvalue weighted by molar-refractivity contribution is 7.12. The number of ketones is 1. The number of likely N-dealkylation sites (tertiary alicyclic amines) is 1. The van der Waals surface area contributed by atoms with Gasteiger partial charge in [-0.3, -0.25) is 9.59 Å². The Hall–Kier alpha value is -3.77. The number of nitrogens with zero attached hydrogens (tertiary/aromatic N) is 2. The van der Waals surface area contributed by atoms with E-state index < -0.39 is 35.3 Å². The number of rotatable bonds is 6. The first kappa shape index (κ1) is 25.9. The van der Waals surface area contributed by atoms with Crippen LogP contribution in [0, 0.1) is 17.2 Å². The Balaban J connectivity index is 1.81. The van der Waals surface area contributed by atoms with Crippen molar-refractivity contribution in [1.29, 1.82) is 5.26 Å². The Bertz CT molecular complexity index is 1540. The molecule has 1 amide bonds. The van der Waals surface area contributed by atoms with Gasteiger partial charge in [-0.15, -0.1) is 22.7 Å². The number of aliphatic carboxylic acids is 1. The third-order valence-corrected chi connectivity index (χ3v) is 9.16. The zero-order valence-electron chi connectivity index (χ0n) is 20.1. The minimum Gasteiger partial charge on any atom is -0.479 e. The van der Waals surface area contributed by atoms with E-state index in [9.17, 15) is 24.8 Å². The van der Waals surface area contributed by atoms with Gasteiger partial charge in [0.1, 0.15) is 5.54 Å². The lowest BCUT2D eigenvalue weighted by Gasteiger charge is -2.37. The normalized spacial score (nSPS) is 22.7. The van der Waals surface area contributed by atoms with E-state index in [4.69, 9.17) is 11.6 Å². The first-order chi connectivity index (χ1) is 18.3. The number of halogens is 1. The van der Waals surface area contributed by atoms with E-state index in [0.29, 0.717) is 31.5 Å². The molecule has 1 aliphatic rings. The summed E-state index contributed by atoms with van der Waals surface area (Å²) in [5.74, 6) is -3.78. The number of benzene rings is 2. The molecule has 0 bridgehead atoms. The Labute approximate surface area is 232 Å². The fraction of sp³-hybridized carbons (Fsp3) is 0.172. The van der Waals surface area contributed by atoms with E-state index in [-0.39, 0.29) is 5.78 Å². The highest BCUT2D eigenvalue weighted by Crippen LogP contribution is 2.57. The molecule has 38 heavy (non-hydrogen) atoms. The van der Waals surface area contributed by atoms with Gasteiger partial charge in [-0.2, -0.15) is 5.26 Å². The van der Waals surface area contributed by atoms with Crippen LogP contribution in [-0.4, -0.2) is 33.2 Å². The lowest BCUT2D eigenvalue weighted by Crippen LogP contribution is -2.54. The number of Topliss-reactive ketones (excluding diaryl/α,β-unsaturated/α-hetero) is 1. The lowest BCUT2D eigenvalue weighted by atomic mass is 9.74. The molecule has 1 fully saturated rings. The first-order valence-electron chi connectivity index (χ1n) is 11.7. The van der Waals surface area contributed by atoms with Gasteiger partial charge >= 0.3 is 5.97 Å². The van der Waals surface area contributed by atoms with Crippen molar-refractivity contribution in [1.82, 2.24) is 4.90 Å². The van der Waals surface area contributed by atoms with Gasteiger partial charge in [0.2, 0.25) is 0 Å². The van der Waals surface area contributed by atoms with Crippen LogP contribution in [0.2, 0.25) is 5.02 Å². The van der Waals surface area contributed by atoms with Crippen molar-refractivity contribution in [3.8, 4) is 6.07 Å². The lowest BCUT2D eigenvalue weighted by molar-refractivity contribution is -0.148. The van der Waals surface area contributed by atoms with Crippen molar-refractivity contribution in [3.05, 3.63) is 115 Å². The fourth-order valence-electron chi connectivity index (χ4n) is 5.39. The molecular weight excluding hydrogens is 540 g/mol. The van der Waals surface area contributed by atoms with Crippen LogP contribution in [0.4, 0.5) is 0 Å². The van der Waals surface area contributed by atoms with Crippen LogP contribution >= 0.6 is 34.3 Å². The Morgan fingerprint density at radius 3 is 2.29 bits per heavy atom. The Morgan fingerprint density at radius 1 is 1.00 bits per heavy atom. The number of carboxylic acids is 1. The summed E-state index contributed by atoms with van der Waals surface area (Å²) >= 11 is 8.80. The standard InChI is InChI=1S/C29H21ClN2O4S2/c1-29(28(35)36)24(21-7-3-13-37-21)23(26(33)19-5-2-6-20(30)15-19)25(18-11-9-17(16-31)10-12-18)32(29)27(34)22-8-4-14-38-22/h2-15,23-25H,1H3,(H,35,36). The fourth-order valence-corrected chi connectivity index (χ4v) is 7.23. The zero-order valence-corrected chi connectivity index (χ0v) is 22.5. The molecule has 5 rings (SSSR count). The molecular formula is C29H21ClN2O4S2. The van der Waals surface area contributed by atoms with Crippen LogP contribution in [-0.2, 0) is 4.79 Å². The first-order valence-corrected chi connectivity index (χ1v) is 13.8. The zero-order chi connectivity index (χ0) is 27.0. The van der Waals surface area contributed by atoms with E-state index in [1.165, 1.54) is 34.5 Å². The molecule has 4 unspecified atom stereocenters. The molecule has 0 saturated carbocycles. The van der Waals surface area contributed by atoms with Crippen LogP contribution in [0.3, 0.4) is 0 Å². The monoisotopic (exact) mass is 560 g/mol. The summed E-state index contributed by atoms with van der Waals surface area (Å²) in [5, 5.41) is 24.1. The van der Waals surface area contributed by atoms with E-state index >= 15 is 0 Å². The number of hydrogen-bond donors (Lipinski definition) is 1. The quantitative estimate of drug-likeness (QED) is 0.266. The van der Waals surface area contributed by atoms with Crippen molar-refractivity contribution < 1.29 is 19.5 Å². The average molecular weight is 561 g/mol. The number of nitriles is 1. The third-order valence-electron chi connectivity index (χ3n) is 7.11. The Morgan fingerprint density at radius 2 is 1.71 bits per heavy atom. The Kier molecular flexibility index (Phi) is 6.93.